The van der Waals surface area contributed by atoms with Gasteiger partial charge in [0.25, 0.3) is 5.91 Å². The largest absolute Gasteiger partial charge is 0.486 e. The van der Waals surface area contributed by atoms with E-state index < -0.39 is 0 Å². The van der Waals surface area contributed by atoms with Crippen molar-refractivity contribution in [1.29, 1.82) is 0 Å². The second-order valence-corrected chi connectivity index (χ2v) is 8.81. The molecule has 3 aromatic heterocycles. The second-order valence-electron chi connectivity index (χ2n) is 6.83. The standard InChI is InChI=1S/C23H19NO3S2/c25-23(19-9-8-17(27-19)15-26-16-5-2-1-3-6-16)24-12-10-20-18(11-14-29-20)22(24)21-7-4-13-28-21/h1-9,11,13-14,22H,10,12,15H2. The lowest BCUT2D eigenvalue weighted by molar-refractivity contribution is 0.0662. The first kappa shape index (κ1) is 18.2. The molecule has 1 aliphatic rings. The van der Waals surface area contributed by atoms with Gasteiger partial charge in [-0.1, -0.05) is 24.3 Å². The summed E-state index contributed by atoms with van der Waals surface area (Å²) in [7, 11) is 0. The predicted octanol–water partition coefficient (Wildman–Crippen LogP) is 5.77. The molecule has 1 atom stereocenters. The molecule has 5 rings (SSSR count). The summed E-state index contributed by atoms with van der Waals surface area (Å²) in [5.41, 5.74) is 1.23. The van der Waals surface area contributed by atoms with Gasteiger partial charge in [0.2, 0.25) is 0 Å². The monoisotopic (exact) mass is 421 g/mol. The first-order valence-electron chi connectivity index (χ1n) is 9.47. The molecule has 4 aromatic rings. The molecule has 0 saturated heterocycles. The molecule has 1 aliphatic heterocycles. The highest BCUT2D eigenvalue weighted by Gasteiger charge is 2.35. The minimum atomic E-state index is -0.0776. The van der Waals surface area contributed by atoms with Gasteiger partial charge in [0, 0.05) is 16.3 Å². The van der Waals surface area contributed by atoms with Gasteiger partial charge in [0.05, 0.1) is 6.04 Å². The fourth-order valence-electron chi connectivity index (χ4n) is 3.67. The van der Waals surface area contributed by atoms with Crippen molar-refractivity contribution in [3.8, 4) is 5.75 Å². The molecule has 1 amide bonds. The smallest absolute Gasteiger partial charge is 0.290 e. The van der Waals surface area contributed by atoms with Gasteiger partial charge >= 0.3 is 0 Å². The normalized spacial score (nSPS) is 15.9. The molecule has 0 aliphatic carbocycles. The van der Waals surface area contributed by atoms with Crippen LogP contribution in [-0.4, -0.2) is 17.4 Å². The number of thiophene rings is 2. The summed E-state index contributed by atoms with van der Waals surface area (Å²) in [6.45, 7) is 0.978. The number of para-hydroxylation sites is 1. The predicted molar refractivity (Wildman–Crippen MR) is 115 cm³/mol. The van der Waals surface area contributed by atoms with E-state index in [-0.39, 0.29) is 11.9 Å². The summed E-state index contributed by atoms with van der Waals surface area (Å²) < 4.78 is 11.6. The van der Waals surface area contributed by atoms with E-state index in [4.69, 9.17) is 9.15 Å². The average Bonchev–Trinajstić information content (AvgIpc) is 3.53. The van der Waals surface area contributed by atoms with Crippen LogP contribution in [0.25, 0.3) is 0 Å². The average molecular weight is 422 g/mol. The highest BCUT2D eigenvalue weighted by atomic mass is 32.1. The van der Waals surface area contributed by atoms with E-state index in [1.54, 1.807) is 28.7 Å². The maximum Gasteiger partial charge on any atom is 0.290 e. The molecule has 0 radical (unpaired) electrons. The van der Waals surface area contributed by atoms with E-state index in [0.717, 1.165) is 12.2 Å². The number of fused-ring (bicyclic) bond motifs is 1. The lowest BCUT2D eigenvalue weighted by Crippen LogP contribution is -2.39. The summed E-state index contributed by atoms with van der Waals surface area (Å²) >= 11 is 3.46. The van der Waals surface area contributed by atoms with E-state index in [9.17, 15) is 4.79 Å². The summed E-state index contributed by atoms with van der Waals surface area (Å²) in [5.74, 6) is 1.69. The number of amides is 1. The van der Waals surface area contributed by atoms with Gasteiger partial charge in [-0.2, -0.15) is 0 Å². The second kappa shape index (κ2) is 7.89. The lowest BCUT2D eigenvalue weighted by Gasteiger charge is -2.34. The summed E-state index contributed by atoms with van der Waals surface area (Å²) in [5, 5.41) is 4.18. The van der Waals surface area contributed by atoms with Crippen LogP contribution < -0.4 is 4.74 Å². The first-order chi connectivity index (χ1) is 14.3. The third kappa shape index (κ3) is 3.61. The van der Waals surface area contributed by atoms with Crippen molar-refractivity contribution >= 4 is 28.6 Å². The highest BCUT2D eigenvalue weighted by molar-refractivity contribution is 7.10. The molecule has 146 valence electrons. The molecule has 1 aromatic carbocycles. The van der Waals surface area contributed by atoms with Crippen molar-refractivity contribution < 1.29 is 13.9 Å². The van der Waals surface area contributed by atoms with E-state index >= 15 is 0 Å². The molecule has 0 spiro atoms. The van der Waals surface area contributed by atoms with E-state index in [1.165, 1.54) is 15.3 Å². The minimum absolute atomic E-state index is 0.0494. The van der Waals surface area contributed by atoms with Crippen molar-refractivity contribution in [2.75, 3.05) is 6.54 Å². The number of hydrogen-bond acceptors (Lipinski definition) is 5. The summed E-state index contributed by atoms with van der Waals surface area (Å²) in [4.78, 5) is 17.8. The Labute approximate surface area is 177 Å². The number of rotatable bonds is 5. The van der Waals surface area contributed by atoms with Gasteiger partial charge in [-0.3, -0.25) is 4.79 Å². The summed E-state index contributed by atoms with van der Waals surface area (Å²) in [6.07, 6.45) is 0.880. The van der Waals surface area contributed by atoms with Crippen LogP contribution in [0.3, 0.4) is 0 Å². The van der Waals surface area contributed by atoms with Crippen LogP contribution in [0.15, 0.2) is 75.8 Å². The number of nitrogens with zero attached hydrogens (tertiary/aromatic N) is 1. The van der Waals surface area contributed by atoms with Crippen LogP contribution in [-0.2, 0) is 13.0 Å². The fraction of sp³-hybridized carbons (Fsp3) is 0.174. The van der Waals surface area contributed by atoms with Gasteiger partial charge in [0.15, 0.2) is 5.76 Å². The minimum Gasteiger partial charge on any atom is -0.486 e. The topological polar surface area (TPSA) is 42.7 Å². The van der Waals surface area contributed by atoms with Crippen LogP contribution in [0, 0.1) is 0 Å². The number of hydrogen-bond donors (Lipinski definition) is 0. The summed E-state index contributed by atoms with van der Waals surface area (Å²) in [6, 6.07) is 19.4. The zero-order valence-corrected chi connectivity index (χ0v) is 17.2. The Bertz CT molecular complexity index is 1100. The van der Waals surface area contributed by atoms with Crippen molar-refractivity contribution in [3.05, 3.63) is 98.3 Å². The van der Waals surface area contributed by atoms with Gasteiger partial charge in [-0.15, -0.1) is 22.7 Å². The van der Waals surface area contributed by atoms with Crippen LogP contribution in [0.1, 0.15) is 37.7 Å². The van der Waals surface area contributed by atoms with Gasteiger partial charge in [0.1, 0.15) is 18.1 Å². The van der Waals surface area contributed by atoms with Gasteiger partial charge < -0.3 is 14.1 Å². The van der Waals surface area contributed by atoms with E-state index in [0.29, 0.717) is 24.7 Å². The van der Waals surface area contributed by atoms with Crippen LogP contribution in [0.2, 0.25) is 0 Å². The van der Waals surface area contributed by atoms with Gasteiger partial charge in [-0.05, 0) is 59.1 Å². The number of carbonyl (C=O) groups excluding carboxylic acids is 1. The van der Waals surface area contributed by atoms with Crippen LogP contribution >= 0.6 is 22.7 Å². The van der Waals surface area contributed by atoms with Crippen LogP contribution in [0.4, 0.5) is 0 Å². The molecular weight excluding hydrogens is 402 g/mol. The Hall–Kier alpha value is -2.83. The molecule has 0 saturated carbocycles. The van der Waals surface area contributed by atoms with E-state index in [2.05, 4.69) is 22.9 Å². The maximum atomic E-state index is 13.3. The third-order valence-electron chi connectivity index (χ3n) is 5.04. The zero-order valence-electron chi connectivity index (χ0n) is 15.6. The maximum absolute atomic E-state index is 13.3. The van der Waals surface area contributed by atoms with Gasteiger partial charge in [-0.25, -0.2) is 0 Å². The van der Waals surface area contributed by atoms with Crippen molar-refractivity contribution in [2.24, 2.45) is 0 Å². The molecule has 4 nitrogen and oxygen atoms in total. The Morgan fingerprint density at radius 1 is 1.03 bits per heavy atom. The molecule has 1 unspecified atom stereocenters. The first-order valence-corrected chi connectivity index (χ1v) is 11.2. The molecule has 0 N–H and O–H groups in total. The molecule has 0 fully saturated rings. The Morgan fingerprint density at radius 2 is 1.93 bits per heavy atom. The molecule has 6 heteroatoms. The number of ether oxygens (including phenoxy) is 1. The third-order valence-corrected chi connectivity index (χ3v) is 6.96. The highest BCUT2D eigenvalue weighted by Crippen LogP contribution is 2.40. The van der Waals surface area contributed by atoms with Crippen molar-refractivity contribution in [1.82, 2.24) is 4.90 Å². The van der Waals surface area contributed by atoms with E-state index in [1.807, 2.05) is 47.4 Å². The molecule has 29 heavy (non-hydrogen) atoms. The SMILES string of the molecule is O=C(c1ccc(COc2ccccc2)o1)N1CCc2sccc2C1c1cccs1. The lowest BCUT2D eigenvalue weighted by atomic mass is 9.98. The molecular formula is C23H19NO3S2. The number of furan rings is 1. The number of carbonyl (C=O) groups is 1. The fourth-order valence-corrected chi connectivity index (χ4v) is 5.43. The molecule has 4 heterocycles. The molecule has 0 bridgehead atoms. The quantitative estimate of drug-likeness (QED) is 0.411. The Morgan fingerprint density at radius 3 is 2.76 bits per heavy atom. The Kier molecular flexibility index (Phi) is 4.96. The Balaban J connectivity index is 1.37. The van der Waals surface area contributed by atoms with Crippen LogP contribution in [0.5, 0.6) is 5.75 Å². The van der Waals surface area contributed by atoms with Crippen molar-refractivity contribution in [2.45, 2.75) is 19.1 Å². The number of benzene rings is 1. The van der Waals surface area contributed by atoms with Crippen molar-refractivity contribution in [3.63, 3.8) is 0 Å². The zero-order chi connectivity index (χ0) is 19.6.